The van der Waals surface area contributed by atoms with Crippen LogP contribution >= 0.6 is 23.2 Å². The zero-order valence-corrected chi connectivity index (χ0v) is 16.6. The summed E-state index contributed by atoms with van der Waals surface area (Å²) < 4.78 is 5.28. The molecule has 10 heteroatoms. The van der Waals surface area contributed by atoms with Gasteiger partial charge >= 0.3 is 6.09 Å². The molecule has 0 spiro atoms. The molecule has 4 aromatic rings. The van der Waals surface area contributed by atoms with E-state index in [1.54, 1.807) is 36.4 Å². The van der Waals surface area contributed by atoms with E-state index in [-0.39, 0.29) is 11.4 Å². The molecule has 0 radical (unpaired) electrons. The first-order valence-corrected chi connectivity index (χ1v) is 9.34. The fraction of sp³-hybridized carbons (Fsp3) is 0. The second kappa shape index (κ2) is 8.02. The average Bonchev–Trinajstić information content (AvgIpc) is 3.11. The predicted octanol–water partition coefficient (Wildman–Crippen LogP) is 6.06. The van der Waals surface area contributed by atoms with Crippen LogP contribution < -0.4 is 10.1 Å². The number of aromatic amines is 1. The highest BCUT2D eigenvalue weighted by Gasteiger charge is 2.14. The number of carbonyl (C=O) groups is 1. The van der Waals surface area contributed by atoms with Crippen molar-refractivity contribution in [1.29, 1.82) is 0 Å². The predicted molar refractivity (Wildman–Crippen MR) is 114 cm³/mol. The number of imidazole rings is 1. The number of non-ortho nitro benzene ring substituents is 1. The van der Waals surface area contributed by atoms with Crippen LogP contribution in [0, 0.1) is 10.1 Å². The van der Waals surface area contributed by atoms with Crippen molar-refractivity contribution >= 4 is 51.7 Å². The van der Waals surface area contributed by atoms with Gasteiger partial charge in [0.1, 0.15) is 11.6 Å². The number of halogens is 2. The summed E-state index contributed by atoms with van der Waals surface area (Å²) in [6.45, 7) is 0. The van der Waals surface area contributed by atoms with Crippen molar-refractivity contribution in [1.82, 2.24) is 9.97 Å². The molecule has 0 bridgehead atoms. The third kappa shape index (κ3) is 4.05. The number of fused-ring (bicyclic) bond motifs is 1. The van der Waals surface area contributed by atoms with Gasteiger partial charge < -0.3 is 9.72 Å². The van der Waals surface area contributed by atoms with Crippen molar-refractivity contribution in [3.05, 3.63) is 80.8 Å². The molecule has 4 rings (SSSR count). The lowest BCUT2D eigenvalue weighted by Gasteiger charge is -2.06. The van der Waals surface area contributed by atoms with E-state index in [0.29, 0.717) is 38.2 Å². The van der Waals surface area contributed by atoms with Crippen LogP contribution in [0.4, 0.5) is 16.2 Å². The van der Waals surface area contributed by atoms with Gasteiger partial charge in [-0.05, 0) is 36.4 Å². The lowest BCUT2D eigenvalue weighted by molar-refractivity contribution is -0.384. The van der Waals surface area contributed by atoms with Crippen LogP contribution in [0.1, 0.15) is 0 Å². The van der Waals surface area contributed by atoms with Crippen molar-refractivity contribution < 1.29 is 14.5 Å². The van der Waals surface area contributed by atoms with Crippen LogP contribution in [0.25, 0.3) is 22.4 Å². The number of anilines is 1. The molecular formula is C20H12Cl2N4O4. The highest BCUT2D eigenvalue weighted by Crippen LogP contribution is 2.34. The molecule has 0 aliphatic heterocycles. The number of ether oxygens (including phenoxy) is 1. The standard InChI is InChI=1S/C20H12Cl2N4O4/c21-14-2-1-3-15(22)18(14)19-24-16-9-8-13(10-17(16)25-19)30-20(27)23-11-4-6-12(7-5-11)26(28)29/h1-10H,(H,23,27)(H,24,25). The van der Waals surface area contributed by atoms with E-state index < -0.39 is 11.0 Å². The van der Waals surface area contributed by atoms with Gasteiger partial charge in [0.05, 0.1) is 31.6 Å². The highest BCUT2D eigenvalue weighted by atomic mass is 35.5. The minimum Gasteiger partial charge on any atom is -0.410 e. The summed E-state index contributed by atoms with van der Waals surface area (Å²) in [4.78, 5) is 29.9. The van der Waals surface area contributed by atoms with E-state index in [9.17, 15) is 14.9 Å². The Balaban J connectivity index is 1.52. The van der Waals surface area contributed by atoms with E-state index in [0.717, 1.165) is 0 Å². The third-order valence-electron chi connectivity index (χ3n) is 4.19. The first-order valence-electron chi connectivity index (χ1n) is 8.58. The molecular weight excluding hydrogens is 431 g/mol. The SMILES string of the molecule is O=C(Nc1ccc([N+](=O)[O-])cc1)Oc1ccc2nc(-c3c(Cl)cccc3Cl)[nH]c2c1. The fourth-order valence-electron chi connectivity index (χ4n) is 2.81. The van der Waals surface area contributed by atoms with Gasteiger partial charge in [0, 0.05) is 23.9 Å². The number of carbonyl (C=O) groups excluding carboxylic acids is 1. The molecule has 2 N–H and O–H groups in total. The van der Waals surface area contributed by atoms with E-state index >= 15 is 0 Å². The Bertz CT molecular complexity index is 1250. The Morgan fingerprint density at radius 1 is 1.07 bits per heavy atom. The number of nitro groups is 1. The van der Waals surface area contributed by atoms with Crippen LogP contribution in [-0.2, 0) is 0 Å². The molecule has 8 nitrogen and oxygen atoms in total. The summed E-state index contributed by atoms with van der Waals surface area (Å²) in [6, 6.07) is 15.5. The van der Waals surface area contributed by atoms with E-state index in [1.807, 2.05) is 0 Å². The molecule has 0 unspecified atom stereocenters. The molecule has 30 heavy (non-hydrogen) atoms. The Morgan fingerprint density at radius 2 is 1.77 bits per heavy atom. The minimum absolute atomic E-state index is 0.0759. The summed E-state index contributed by atoms with van der Waals surface area (Å²) in [6.07, 6.45) is -0.739. The molecule has 0 saturated heterocycles. The molecule has 0 atom stereocenters. The molecule has 1 heterocycles. The number of hydrogen-bond acceptors (Lipinski definition) is 5. The minimum atomic E-state index is -0.739. The molecule has 0 aliphatic rings. The van der Waals surface area contributed by atoms with Gasteiger partial charge in [-0.3, -0.25) is 15.4 Å². The number of nitrogens with zero attached hydrogens (tertiary/aromatic N) is 2. The molecule has 1 aromatic heterocycles. The van der Waals surface area contributed by atoms with Crippen LogP contribution in [0.15, 0.2) is 60.7 Å². The maximum Gasteiger partial charge on any atom is 0.417 e. The summed E-state index contributed by atoms with van der Waals surface area (Å²) in [5.74, 6) is 0.774. The van der Waals surface area contributed by atoms with Gasteiger partial charge in [0.2, 0.25) is 0 Å². The Kier molecular flexibility index (Phi) is 5.26. The van der Waals surface area contributed by atoms with Crippen LogP contribution in [-0.4, -0.2) is 21.0 Å². The molecule has 0 aliphatic carbocycles. The highest BCUT2D eigenvalue weighted by molar-refractivity contribution is 6.39. The van der Waals surface area contributed by atoms with E-state index in [4.69, 9.17) is 27.9 Å². The zero-order valence-electron chi connectivity index (χ0n) is 15.1. The number of H-pyrrole nitrogens is 1. The molecule has 0 saturated carbocycles. The molecule has 1 amide bonds. The van der Waals surface area contributed by atoms with Gasteiger partial charge in [0.25, 0.3) is 5.69 Å². The van der Waals surface area contributed by atoms with Gasteiger partial charge in [-0.1, -0.05) is 29.3 Å². The molecule has 3 aromatic carbocycles. The van der Waals surface area contributed by atoms with Crippen molar-refractivity contribution in [3.63, 3.8) is 0 Å². The molecule has 150 valence electrons. The van der Waals surface area contributed by atoms with Gasteiger partial charge in [0.15, 0.2) is 0 Å². The number of amides is 1. The van der Waals surface area contributed by atoms with Crippen LogP contribution in [0.5, 0.6) is 5.75 Å². The number of nitrogens with one attached hydrogen (secondary N) is 2. The smallest absolute Gasteiger partial charge is 0.410 e. The number of hydrogen-bond donors (Lipinski definition) is 2. The Morgan fingerprint density at radius 3 is 2.43 bits per heavy atom. The summed E-state index contributed by atoms with van der Waals surface area (Å²) in [5.41, 5.74) is 2.14. The number of rotatable bonds is 4. The largest absolute Gasteiger partial charge is 0.417 e. The van der Waals surface area contributed by atoms with Crippen molar-refractivity contribution in [2.24, 2.45) is 0 Å². The van der Waals surface area contributed by atoms with Crippen LogP contribution in [0.3, 0.4) is 0 Å². The van der Waals surface area contributed by atoms with Crippen molar-refractivity contribution in [2.45, 2.75) is 0 Å². The lowest BCUT2D eigenvalue weighted by atomic mass is 10.2. The monoisotopic (exact) mass is 442 g/mol. The van der Waals surface area contributed by atoms with Crippen molar-refractivity contribution in [2.75, 3.05) is 5.32 Å². The van der Waals surface area contributed by atoms with Gasteiger partial charge in [-0.15, -0.1) is 0 Å². The Labute approximate surface area is 179 Å². The van der Waals surface area contributed by atoms with Gasteiger partial charge in [-0.25, -0.2) is 9.78 Å². The Hall–Kier alpha value is -3.62. The quantitative estimate of drug-likeness (QED) is 0.295. The number of aromatic nitrogens is 2. The second-order valence-corrected chi connectivity index (χ2v) is 6.99. The summed E-state index contributed by atoms with van der Waals surface area (Å²) in [5, 5.41) is 14.1. The maximum atomic E-state index is 12.1. The van der Waals surface area contributed by atoms with E-state index in [2.05, 4.69) is 15.3 Å². The third-order valence-corrected chi connectivity index (χ3v) is 4.82. The maximum absolute atomic E-state index is 12.1. The van der Waals surface area contributed by atoms with Crippen molar-refractivity contribution in [3.8, 4) is 17.1 Å². The first kappa shape index (κ1) is 19.7. The second-order valence-electron chi connectivity index (χ2n) is 6.18. The number of benzene rings is 3. The van der Waals surface area contributed by atoms with Gasteiger partial charge in [-0.2, -0.15) is 0 Å². The lowest BCUT2D eigenvalue weighted by Crippen LogP contribution is -2.16. The molecule has 0 fully saturated rings. The van der Waals surface area contributed by atoms with E-state index in [1.165, 1.54) is 24.3 Å². The topological polar surface area (TPSA) is 110 Å². The summed E-state index contributed by atoms with van der Waals surface area (Å²) in [7, 11) is 0. The number of nitro benzene ring substituents is 1. The normalized spacial score (nSPS) is 10.7. The van der Waals surface area contributed by atoms with Crippen LogP contribution in [0.2, 0.25) is 10.0 Å². The fourth-order valence-corrected chi connectivity index (χ4v) is 3.39. The first-order chi connectivity index (χ1) is 14.4. The summed E-state index contributed by atoms with van der Waals surface area (Å²) >= 11 is 12.5. The zero-order chi connectivity index (χ0) is 21.3. The average molecular weight is 443 g/mol.